The number of thiazole rings is 2. The van der Waals surface area contributed by atoms with Gasteiger partial charge in [0.15, 0.2) is 5.13 Å². The van der Waals surface area contributed by atoms with Crippen LogP contribution in [0.2, 0.25) is 0 Å². The third-order valence-corrected chi connectivity index (χ3v) is 4.81. The lowest BCUT2D eigenvalue weighted by Gasteiger charge is -1.96. The van der Waals surface area contributed by atoms with Crippen molar-refractivity contribution in [2.24, 2.45) is 0 Å². The van der Waals surface area contributed by atoms with Gasteiger partial charge in [0.2, 0.25) is 0 Å². The van der Waals surface area contributed by atoms with E-state index in [1.165, 1.54) is 23.9 Å². The van der Waals surface area contributed by atoms with Gasteiger partial charge in [-0.25, -0.2) is 15.0 Å². The Kier molecular flexibility index (Phi) is 2.51. The minimum absolute atomic E-state index is 0.248. The van der Waals surface area contributed by atoms with E-state index < -0.39 is 0 Å². The molecule has 0 saturated heterocycles. The van der Waals surface area contributed by atoms with Gasteiger partial charge in [-0.3, -0.25) is 10.1 Å². The molecule has 6 nitrogen and oxygen atoms in total. The number of carbonyl (C=O) groups is 1. The van der Waals surface area contributed by atoms with E-state index in [-0.39, 0.29) is 5.91 Å². The number of H-pyrrole nitrogens is 1. The van der Waals surface area contributed by atoms with Gasteiger partial charge < -0.3 is 4.98 Å². The van der Waals surface area contributed by atoms with Crippen molar-refractivity contribution in [3.05, 3.63) is 35.9 Å². The van der Waals surface area contributed by atoms with Gasteiger partial charge in [0.1, 0.15) is 5.69 Å². The Bertz CT molecular complexity index is 909. The lowest BCUT2D eigenvalue weighted by molar-refractivity contribution is 0.102. The summed E-state index contributed by atoms with van der Waals surface area (Å²) in [5.74, 6) is -0.248. The first-order valence-corrected chi connectivity index (χ1v) is 7.43. The minimum Gasteiger partial charge on any atom is -0.341 e. The second kappa shape index (κ2) is 4.36. The van der Waals surface area contributed by atoms with Crippen LogP contribution in [0.1, 0.15) is 10.5 Å². The largest absolute Gasteiger partial charge is 0.341 e. The normalized spacial score (nSPS) is 11.2. The van der Waals surface area contributed by atoms with Crippen LogP contribution >= 0.6 is 22.7 Å². The molecular weight excluding hydrogens is 294 g/mol. The number of nitrogens with zero attached hydrogens (tertiary/aromatic N) is 3. The number of hydrogen-bond donors (Lipinski definition) is 2. The summed E-state index contributed by atoms with van der Waals surface area (Å²) in [5, 5.41) is 3.34. The van der Waals surface area contributed by atoms with Crippen molar-refractivity contribution >= 4 is 54.1 Å². The maximum Gasteiger partial charge on any atom is 0.275 e. The summed E-state index contributed by atoms with van der Waals surface area (Å²) in [5.41, 5.74) is 4.05. The average Bonchev–Trinajstić information content (AvgIpc) is 3.17. The molecule has 0 aliphatic heterocycles. The first-order valence-electron chi connectivity index (χ1n) is 5.74. The third-order valence-electron chi connectivity index (χ3n) is 2.82. The quantitative estimate of drug-likeness (QED) is 0.596. The molecule has 8 heteroatoms. The SMILES string of the molecule is O=C(Nc1nc2ccc3ncsc3c2s1)c1cnc[nH]1. The van der Waals surface area contributed by atoms with Gasteiger partial charge in [-0.05, 0) is 12.1 Å². The Morgan fingerprint density at radius 3 is 3.00 bits per heavy atom. The molecule has 0 saturated carbocycles. The molecule has 4 aromatic rings. The highest BCUT2D eigenvalue weighted by atomic mass is 32.1. The molecule has 98 valence electrons. The van der Waals surface area contributed by atoms with Crippen LogP contribution in [0.4, 0.5) is 5.13 Å². The standard InChI is InChI=1S/C12H7N5OS2/c18-11(8-3-13-4-14-8)17-12-16-7-2-1-6-9(10(7)20-12)19-5-15-6/h1-5H,(H,13,14)(H,16,17,18). The van der Waals surface area contributed by atoms with E-state index in [9.17, 15) is 4.79 Å². The Hall–Kier alpha value is -2.32. The molecule has 0 aliphatic carbocycles. The Labute approximate surface area is 120 Å². The van der Waals surface area contributed by atoms with E-state index in [4.69, 9.17) is 0 Å². The molecule has 3 aromatic heterocycles. The van der Waals surface area contributed by atoms with E-state index in [0.29, 0.717) is 10.8 Å². The minimum atomic E-state index is -0.248. The zero-order valence-electron chi connectivity index (χ0n) is 9.95. The van der Waals surface area contributed by atoms with Crippen molar-refractivity contribution in [2.45, 2.75) is 0 Å². The van der Waals surface area contributed by atoms with E-state index in [0.717, 1.165) is 20.4 Å². The number of rotatable bonds is 2. The van der Waals surface area contributed by atoms with Crippen molar-refractivity contribution < 1.29 is 4.79 Å². The van der Waals surface area contributed by atoms with E-state index in [1.54, 1.807) is 11.3 Å². The number of aromatic amines is 1. The smallest absolute Gasteiger partial charge is 0.275 e. The summed E-state index contributed by atoms with van der Waals surface area (Å²) in [7, 11) is 0. The topological polar surface area (TPSA) is 83.6 Å². The van der Waals surface area contributed by atoms with Crippen LogP contribution in [0.3, 0.4) is 0 Å². The van der Waals surface area contributed by atoms with Gasteiger partial charge >= 0.3 is 0 Å². The number of aromatic nitrogens is 4. The summed E-state index contributed by atoms with van der Waals surface area (Å²) in [6.07, 6.45) is 2.94. The molecule has 1 aromatic carbocycles. The van der Waals surface area contributed by atoms with Crippen molar-refractivity contribution in [1.29, 1.82) is 0 Å². The lowest BCUT2D eigenvalue weighted by atomic mass is 10.3. The number of hydrogen-bond acceptors (Lipinski definition) is 6. The lowest BCUT2D eigenvalue weighted by Crippen LogP contribution is -2.11. The van der Waals surface area contributed by atoms with Crippen molar-refractivity contribution in [3.8, 4) is 0 Å². The highest BCUT2D eigenvalue weighted by Crippen LogP contribution is 2.34. The summed E-state index contributed by atoms with van der Waals surface area (Å²) in [4.78, 5) is 27.2. The number of imidazole rings is 1. The maximum atomic E-state index is 11.9. The molecule has 20 heavy (non-hydrogen) atoms. The predicted molar refractivity (Wildman–Crippen MR) is 79.3 cm³/mol. The molecule has 4 rings (SSSR count). The van der Waals surface area contributed by atoms with Crippen molar-refractivity contribution in [3.63, 3.8) is 0 Å². The number of nitrogens with one attached hydrogen (secondary N) is 2. The fourth-order valence-electron chi connectivity index (χ4n) is 1.91. The highest BCUT2D eigenvalue weighted by Gasteiger charge is 2.13. The van der Waals surface area contributed by atoms with Crippen molar-refractivity contribution in [1.82, 2.24) is 19.9 Å². The van der Waals surface area contributed by atoms with Gasteiger partial charge in [-0.15, -0.1) is 11.3 Å². The van der Waals surface area contributed by atoms with Gasteiger partial charge in [0.05, 0.1) is 38.5 Å². The van der Waals surface area contributed by atoms with Crippen molar-refractivity contribution in [2.75, 3.05) is 5.32 Å². The summed E-state index contributed by atoms with van der Waals surface area (Å²) in [6.45, 7) is 0. The Morgan fingerprint density at radius 1 is 1.25 bits per heavy atom. The van der Waals surface area contributed by atoms with Crippen LogP contribution < -0.4 is 5.32 Å². The highest BCUT2D eigenvalue weighted by molar-refractivity contribution is 7.28. The molecule has 0 radical (unpaired) electrons. The van der Waals surface area contributed by atoms with Gasteiger partial charge in [-0.1, -0.05) is 11.3 Å². The number of amides is 1. The van der Waals surface area contributed by atoms with E-state index in [2.05, 4.69) is 25.3 Å². The number of fused-ring (bicyclic) bond motifs is 3. The number of carbonyl (C=O) groups excluding carboxylic acids is 1. The molecular formula is C12H7N5OS2. The fraction of sp³-hybridized carbons (Fsp3) is 0. The van der Waals surface area contributed by atoms with Crippen LogP contribution in [-0.4, -0.2) is 25.8 Å². The number of anilines is 1. The zero-order valence-corrected chi connectivity index (χ0v) is 11.6. The molecule has 0 fully saturated rings. The molecule has 0 spiro atoms. The van der Waals surface area contributed by atoms with E-state index >= 15 is 0 Å². The van der Waals surface area contributed by atoms with Crippen LogP contribution in [0.5, 0.6) is 0 Å². The van der Waals surface area contributed by atoms with Crippen LogP contribution in [0.15, 0.2) is 30.2 Å². The second-order valence-electron chi connectivity index (χ2n) is 4.05. The molecule has 0 bridgehead atoms. The third kappa shape index (κ3) is 1.77. The van der Waals surface area contributed by atoms with Crippen LogP contribution in [0, 0.1) is 0 Å². The zero-order chi connectivity index (χ0) is 13.5. The molecule has 0 unspecified atom stereocenters. The van der Waals surface area contributed by atoms with Crippen LogP contribution in [-0.2, 0) is 0 Å². The summed E-state index contributed by atoms with van der Waals surface area (Å²) in [6, 6.07) is 3.86. The first kappa shape index (κ1) is 11.5. The Balaban J connectivity index is 1.75. The summed E-state index contributed by atoms with van der Waals surface area (Å²) < 4.78 is 2.15. The fourth-order valence-corrected chi connectivity index (χ4v) is 3.80. The maximum absolute atomic E-state index is 11.9. The van der Waals surface area contributed by atoms with Gasteiger partial charge in [-0.2, -0.15) is 0 Å². The van der Waals surface area contributed by atoms with Crippen LogP contribution in [0.25, 0.3) is 20.4 Å². The summed E-state index contributed by atoms with van der Waals surface area (Å²) >= 11 is 3.03. The second-order valence-corrected chi connectivity index (χ2v) is 5.91. The average molecular weight is 301 g/mol. The monoisotopic (exact) mass is 301 g/mol. The molecule has 3 heterocycles. The molecule has 1 amide bonds. The van der Waals surface area contributed by atoms with E-state index in [1.807, 2.05) is 17.6 Å². The molecule has 0 atom stereocenters. The molecule has 2 N–H and O–H groups in total. The number of benzene rings is 1. The predicted octanol–water partition coefficient (Wildman–Crippen LogP) is 2.88. The first-order chi connectivity index (χ1) is 9.81. The van der Waals surface area contributed by atoms with Gasteiger partial charge in [0.25, 0.3) is 5.91 Å². The van der Waals surface area contributed by atoms with Gasteiger partial charge in [0, 0.05) is 0 Å². The molecule has 0 aliphatic rings. The Morgan fingerprint density at radius 2 is 2.15 bits per heavy atom.